The standard InChI is InChI=1S/C17H16ClN3O3/c1-23-15-5-3-4-12(16(15)24-2)10-20-17(22)21-13-7-6-11(9-19)14(18)8-13/h3-8H,10H2,1-2H3,(H2,20,21,22). The first-order valence-corrected chi connectivity index (χ1v) is 7.41. The molecule has 24 heavy (non-hydrogen) atoms. The highest BCUT2D eigenvalue weighted by Crippen LogP contribution is 2.30. The van der Waals surface area contributed by atoms with Crippen LogP contribution in [-0.4, -0.2) is 20.3 Å². The fraction of sp³-hybridized carbons (Fsp3) is 0.176. The Hall–Kier alpha value is -2.91. The van der Waals surface area contributed by atoms with E-state index in [1.54, 1.807) is 32.4 Å². The van der Waals surface area contributed by atoms with Crippen molar-refractivity contribution in [2.45, 2.75) is 6.54 Å². The van der Waals surface area contributed by atoms with Gasteiger partial charge in [0.25, 0.3) is 0 Å². The number of nitrogens with zero attached hydrogens (tertiary/aromatic N) is 1. The third-order valence-electron chi connectivity index (χ3n) is 3.27. The third-order valence-corrected chi connectivity index (χ3v) is 3.58. The number of hydrogen-bond acceptors (Lipinski definition) is 4. The fourth-order valence-electron chi connectivity index (χ4n) is 2.13. The number of anilines is 1. The number of amides is 2. The summed E-state index contributed by atoms with van der Waals surface area (Å²) in [7, 11) is 3.09. The molecular formula is C17H16ClN3O3. The van der Waals surface area contributed by atoms with Gasteiger partial charge in [0.15, 0.2) is 11.5 Å². The van der Waals surface area contributed by atoms with Crippen LogP contribution in [0.2, 0.25) is 5.02 Å². The molecule has 6 nitrogen and oxygen atoms in total. The maximum Gasteiger partial charge on any atom is 0.319 e. The maximum atomic E-state index is 12.0. The second-order valence-corrected chi connectivity index (χ2v) is 5.17. The summed E-state index contributed by atoms with van der Waals surface area (Å²) >= 11 is 5.93. The smallest absolute Gasteiger partial charge is 0.319 e. The first-order valence-electron chi connectivity index (χ1n) is 7.03. The second kappa shape index (κ2) is 8.09. The van der Waals surface area contributed by atoms with Crippen molar-refractivity contribution >= 4 is 23.3 Å². The zero-order valence-corrected chi connectivity index (χ0v) is 14.0. The predicted molar refractivity (Wildman–Crippen MR) is 91.6 cm³/mol. The number of rotatable bonds is 5. The van der Waals surface area contributed by atoms with Crippen LogP contribution in [0.15, 0.2) is 36.4 Å². The van der Waals surface area contributed by atoms with Crippen LogP contribution in [0, 0.1) is 11.3 Å². The lowest BCUT2D eigenvalue weighted by atomic mass is 10.2. The van der Waals surface area contributed by atoms with E-state index in [4.69, 9.17) is 26.3 Å². The number of hydrogen-bond donors (Lipinski definition) is 2. The first kappa shape index (κ1) is 17.4. The van der Waals surface area contributed by atoms with Gasteiger partial charge in [-0.15, -0.1) is 0 Å². The Morgan fingerprint density at radius 3 is 2.67 bits per heavy atom. The van der Waals surface area contributed by atoms with Crippen LogP contribution in [0.25, 0.3) is 0 Å². The highest BCUT2D eigenvalue weighted by molar-refractivity contribution is 6.32. The Labute approximate surface area is 144 Å². The van der Waals surface area contributed by atoms with E-state index in [1.807, 2.05) is 18.2 Å². The Bertz CT molecular complexity index is 787. The molecule has 2 aromatic carbocycles. The van der Waals surface area contributed by atoms with E-state index in [1.165, 1.54) is 6.07 Å². The van der Waals surface area contributed by atoms with Crippen LogP contribution < -0.4 is 20.1 Å². The number of nitrogens with one attached hydrogen (secondary N) is 2. The lowest BCUT2D eigenvalue weighted by Gasteiger charge is -2.13. The lowest BCUT2D eigenvalue weighted by Crippen LogP contribution is -2.28. The Balaban J connectivity index is 2.01. The first-order chi connectivity index (χ1) is 11.6. The van der Waals surface area contributed by atoms with Gasteiger partial charge in [-0.2, -0.15) is 5.26 Å². The minimum absolute atomic E-state index is 0.260. The van der Waals surface area contributed by atoms with E-state index in [2.05, 4.69) is 10.6 Å². The number of benzene rings is 2. The van der Waals surface area contributed by atoms with Crippen LogP contribution in [0.4, 0.5) is 10.5 Å². The summed E-state index contributed by atoms with van der Waals surface area (Å²) in [4.78, 5) is 12.0. The molecule has 124 valence electrons. The number of nitriles is 1. The van der Waals surface area contributed by atoms with Gasteiger partial charge in [-0.3, -0.25) is 0 Å². The molecule has 0 heterocycles. The third kappa shape index (κ3) is 4.09. The molecule has 0 saturated heterocycles. The van der Waals surface area contributed by atoms with Crippen LogP contribution in [0.1, 0.15) is 11.1 Å². The predicted octanol–water partition coefficient (Wildman–Crippen LogP) is 3.55. The van der Waals surface area contributed by atoms with E-state index < -0.39 is 6.03 Å². The molecule has 2 amide bonds. The molecule has 7 heteroatoms. The van der Waals surface area contributed by atoms with Gasteiger partial charge in [0, 0.05) is 17.8 Å². The van der Waals surface area contributed by atoms with Crippen molar-refractivity contribution in [3.05, 3.63) is 52.5 Å². The monoisotopic (exact) mass is 345 g/mol. The lowest BCUT2D eigenvalue weighted by molar-refractivity contribution is 0.251. The Kier molecular flexibility index (Phi) is 5.88. The number of carbonyl (C=O) groups is 1. The van der Waals surface area contributed by atoms with Gasteiger partial charge < -0.3 is 20.1 Å². The molecule has 0 aliphatic rings. The summed E-state index contributed by atoms with van der Waals surface area (Å²) in [5.74, 6) is 1.16. The Morgan fingerprint density at radius 2 is 2.04 bits per heavy atom. The average molecular weight is 346 g/mol. The van der Waals surface area contributed by atoms with Crippen molar-refractivity contribution in [1.82, 2.24) is 5.32 Å². The van der Waals surface area contributed by atoms with Crippen molar-refractivity contribution in [3.8, 4) is 17.6 Å². The van der Waals surface area contributed by atoms with E-state index in [-0.39, 0.29) is 11.6 Å². The van der Waals surface area contributed by atoms with Crippen LogP contribution in [-0.2, 0) is 6.54 Å². The number of para-hydroxylation sites is 1. The average Bonchev–Trinajstić information content (AvgIpc) is 2.59. The molecule has 0 saturated carbocycles. The number of halogens is 1. The molecule has 0 aliphatic carbocycles. The van der Waals surface area contributed by atoms with Gasteiger partial charge in [0.1, 0.15) is 6.07 Å². The van der Waals surface area contributed by atoms with Crippen LogP contribution in [0.5, 0.6) is 11.5 Å². The van der Waals surface area contributed by atoms with Crippen molar-refractivity contribution in [2.24, 2.45) is 0 Å². The molecular weight excluding hydrogens is 330 g/mol. The zero-order valence-electron chi connectivity index (χ0n) is 13.2. The molecule has 0 aliphatic heterocycles. The van der Waals surface area contributed by atoms with E-state index >= 15 is 0 Å². The molecule has 2 rings (SSSR count). The van der Waals surface area contributed by atoms with Crippen LogP contribution in [0.3, 0.4) is 0 Å². The SMILES string of the molecule is COc1cccc(CNC(=O)Nc2ccc(C#N)c(Cl)c2)c1OC. The van der Waals surface area contributed by atoms with E-state index in [0.717, 1.165) is 5.56 Å². The summed E-state index contributed by atoms with van der Waals surface area (Å²) < 4.78 is 10.5. The van der Waals surface area contributed by atoms with Gasteiger partial charge in [-0.1, -0.05) is 23.7 Å². The topological polar surface area (TPSA) is 83.4 Å². The van der Waals surface area contributed by atoms with Gasteiger partial charge >= 0.3 is 6.03 Å². The van der Waals surface area contributed by atoms with E-state index in [9.17, 15) is 4.79 Å². The number of methoxy groups -OCH3 is 2. The molecule has 0 fully saturated rings. The number of ether oxygens (including phenoxy) is 2. The van der Waals surface area contributed by atoms with E-state index in [0.29, 0.717) is 22.7 Å². The number of carbonyl (C=O) groups excluding carboxylic acids is 1. The Morgan fingerprint density at radius 1 is 1.25 bits per heavy atom. The highest BCUT2D eigenvalue weighted by Gasteiger charge is 2.11. The molecule has 2 aromatic rings. The molecule has 2 N–H and O–H groups in total. The molecule has 0 atom stereocenters. The summed E-state index contributed by atoms with van der Waals surface area (Å²) in [6.45, 7) is 0.260. The minimum atomic E-state index is -0.402. The minimum Gasteiger partial charge on any atom is -0.493 e. The molecule has 0 bridgehead atoms. The summed E-state index contributed by atoms with van der Waals surface area (Å²) in [6.07, 6.45) is 0. The quantitative estimate of drug-likeness (QED) is 0.868. The van der Waals surface area contributed by atoms with Gasteiger partial charge in [0.05, 0.1) is 24.8 Å². The zero-order chi connectivity index (χ0) is 17.5. The molecule has 0 spiro atoms. The normalized spacial score (nSPS) is 9.75. The maximum absolute atomic E-state index is 12.0. The second-order valence-electron chi connectivity index (χ2n) is 4.77. The van der Waals surface area contributed by atoms with Crippen molar-refractivity contribution in [3.63, 3.8) is 0 Å². The van der Waals surface area contributed by atoms with Crippen LogP contribution >= 0.6 is 11.6 Å². The summed E-state index contributed by atoms with van der Waals surface area (Å²) in [6, 6.07) is 11.7. The fourth-order valence-corrected chi connectivity index (χ4v) is 2.35. The largest absolute Gasteiger partial charge is 0.493 e. The highest BCUT2D eigenvalue weighted by atomic mass is 35.5. The van der Waals surface area contributed by atoms with Crippen molar-refractivity contribution in [2.75, 3.05) is 19.5 Å². The molecule has 0 radical (unpaired) electrons. The van der Waals surface area contributed by atoms with Crippen molar-refractivity contribution < 1.29 is 14.3 Å². The van der Waals surface area contributed by atoms with Gasteiger partial charge in [-0.05, 0) is 24.3 Å². The van der Waals surface area contributed by atoms with Gasteiger partial charge in [0.2, 0.25) is 0 Å². The number of urea groups is 1. The van der Waals surface area contributed by atoms with Crippen molar-refractivity contribution in [1.29, 1.82) is 5.26 Å². The summed E-state index contributed by atoms with van der Waals surface area (Å²) in [5.41, 5.74) is 1.63. The summed E-state index contributed by atoms with van der Waals surface area (Å²) in [5, 5.41) is 14.5. The van der Waals surface area contributed by atoms with Gasteiger partial charge in [-0.25, -0.2) is 4.79 Å². The molecule has 0 unspecified atom stereocenters. The molecule has 0 aromatic heterocycles.